The summed E-state index contributed by atoms with van der Waals surface area (Å²) in [6.07, 6.45) is 1.44. The lowest BCUT2D eigenvalue weighted by atomic mass is 10.2. The monoisotopic (exact) mass is 252 g/mol. The van der Waals surface area contributed by atoms with Crippen molar-refractivity contribution in [2.24, 2.45) is 0 Å². The molecule has 0 atom stereocenters. The maximum Gasteiger partial charge on any atom is 0.254 e. The van der Waals surface area contributed by atoms with E-state index in [-0.39, 0.29) is 12.1 Å². The average molecular weight is 252 g/mol. The number of H-pyrrole nitrogens is 1. The molecule has 7 heteroatoms. The molecule has 0 saturated heterocycles. The summed E-state index contributed by atoms with van der Waals surface area (Å²) >= 11 is 0. The number of nitrogen functional groups attached to an aromatic ring is 1. The van der Waals surface area contributed by atoms with Crippen molar-refractivity contribution >= 4 is 11.7 Å². The third-order valence-electron chi connectivity index (χ3n) is 2.39. The van der Waals surface area contributed by atoms with Crippen LogP contribution in [0.25, 0.3) is 0 Å². The topological polar surface area (TPSA) is 83.8 Å². The Kier molecular flexibility index (Phi) is 3.22. The molecular weight excluding hydrogens is 242 g/mol. The standard InChI is InChI=1S/C11H10F2N4O/c12-8-3-1-2-7(9(8)13)11(18)15-4-6-5-16-17-10(6)14/h1-3,5H,4H2,(H,15,18)(H3,14,16,17). The maximum atomic E-state index is 13.3. The fraction of sp³-hybridized carbons (Fsp3) is 0.0909. The Balaban J connectivity index is 2.09. The molecule has 0 bridgehead atoms. The molecule has 5 nitrogen and oxygen atoms in total. The first-order chi connectivity index (χ1) is 8.59. The van der Waals surface area contributed by atoms with E-state index >= 15 is 0 Å². The molecule has 0 aliphatic rings. The number of nitrogens with one attached hydrogen (secondary N) is 2. The van der Waals surface area contributed by atoms with Gasteiger partial charge in [-0.05, 0) is 12.1 Å². The molecule has 0 saturated carbocycles. The quantitative estimate of drug-likeness (QED) is 0.767. The molecule has 0 unspecified atom stereocenters. The zero-order valence-electron chi connectivity index (χ0n) is 9.21. The molecule has 0 spiro atoms. The first-order valence-electron chi connectivity index (χ1n) is 5.09. The number of amides is 1. The summed E-state index contributed by atoms with van der Waals surface area (Å²) in [6.45, 7) is 0.0805. The molecule has 0 aliphatic carbocycles. The molecule has 1 aromatic carbocycles. The SMILES string of the molecule is Nc1[nH]ncc1CNC(=O)c1cccc(F)c1F. The van der Waals surface area contributed by atoms with Gasteiger partial charge in [-0.3, -0.25) is 9.89 Å². The third-order valence-corrected chi connectivity index (χ3v) is 2.39. The van der Waals surface area contributed by atoms with E-state index in [0.717, 1.165) is 6.07 Å². The molecule has 0 radical (unpaired) electrons. The molecule has 2 rings (SSSR count). The Morgan fingerprint density at radius 2 is 2.22 bits per heavy atom. The van der Waals surface area contributed by atoms with Crippen LogP contribution >= 0.6 is 0 Å². The van der Waals surface area contributed by atoms with Crippen LogP contribution in [0.5, 0.6) is 0 Å². The minimum atomic E-state index is -1.17. The van der Waals surface area contributed by atoms with E-state index in [1.54, 1.807) is 0 Å². The van der Waals surface area contributed by atoms with E-state index in [1.165, 1.54) is 18.3 Å². The number of nitrogens with two attached hydrogens (primary N) is 1. The van der Waals surface area contributed by atoms with Crippen molar-refractivity contribution in [1.82, 2.24) is 15.5 Å². The van der Waals surface area contributed by atoms with Crippen molar-refractivity contribution in [1.29, 1.82) is 0 Å². The van der Waals surface area contributed by atoms with Gasteiger partial charge in [-0.25, -0.2) is 8.78 Å². The molecule has 1 heterocycles. The number of carbonyl (C=O) groups is 1. The normalized spacial score (nSPS) is 10.3. The molecule has 2 aromatic rings. The van der Waals surface area contributed by atoms with Gasteiger partial charge in [0.05, 0.1) is 11.8 Å². The second-order valence-electron chi connectivity index (χ2n) is 3.59. The summed E-state index contributed by atoms with van der Waals surface area (Å²) in [5.74, 6) is -2.64. The summed E-state index contributed by atoms with van der Waals surface area (Å²) in [6, 6.07) is 3.41. The number of benzene rings is 1. The van der Waals surface area contributed by atoms with Crippen LogP contribution in [0.4, 0.5) is 14.6 Å². The maximum absolute atomic E-state index is 13.3. The predicted octanol–water partition coefficient (Wildman–Crippen LogP) is 1.20. The van der Waals surface area contributed by atoms with Crippen molar-refractivity contribution in [3.05, 3.63) is 47.2 Å². The first-order valence-corrected chi connectivity index (χ1v) is 5.09. The fourth-order valence-electron chi connectivity index (χ4n) is 1.41. The summed E-state index contributed by atoms with van der Waals surface area (Å²) in [4.78, 5) is 11.6. The van der Waals surface area contributed by atoms with Crippen molar-refractivity contribution in [2.45, 2.75) is 6.54 Å². The number of nitrogens with zero attached hydrogens (tertiary/aromatic N) is 1. The van der Waals surface area contributed by atoms with E-state index < -0.39 is 17.5 Å². The Bertz CT molecular complexity index is 582. The van der Waals surface area contributed by atoms with E-state index in [1.807, 2.05) is 0 Å². The van der Waals surface area contributed by atoms with Crippen LogP contribution in [0.2, 0.25) is 0 Å². The van der Waals surface area contributed by atoms with Gasteiger partial charge in [-0.1, -0.05) is 6.07 Å². The number of anilines is 1. The van der Waals surface area contributed by atoms with Gasteiger partial charge >= 0.3 is 0 Å². The highest BCUT2D eigenvalue weighted by atomic mass is 19.2. The first kappa shape index (κ1) is 12.0. The fourth-order valence-corrected chi connectivity index (χ4v) is 1.41. The minimum Gasteiger partial charge on any atom is -0.384 e. The predicted molar refractivity (Wildman–Crippen MR) is 60.5 cm³/mol. The Morgan fingerprint density at radius 3 is 2.89 bits per heavy atom. The number of hydrogen-bond acceptors (Lipinski definition) is 3. The summed E-state index contributed by atoms with van der Waals surface area (Å²) < 4.78 is 26.2. The third kappa shape index (κ3) is 2.29. The van der Waals surface area contributed by atoms with Gasteiger partial charge in [0, 0.05) is 12.1 Å². The molecule has 0 aliphatic heterocycles. The molecule has 0 fully saturated rings. The van der Waals surface area contributed by atoms with Crippen molar-refractivity contribution in [3.8, 4) is 0 Å². The zero-order chi connectivity index (χ0) is 13.1. The van der Waals surface area contributed by atoms with Crippen LogP contribution in [-0.4, -0.2) is 16.1 Å². The molecule has 1 aromatic heterocycles. The Hall–Kier alpha value is -2.44. The Labute approximate surface area is 101 Å². The molecule has 94 valence electrons. The highest BCUT2D eigenvalue weighted by molar-refractivity contribution is 5.94. The number of aromatic amines is 1. The number of halogens is 2. The Morgan fingerprint density at radius 1 is 1.44 bits per heavy atom. The van der Waals surface area contributed by atoms with Crippen LogP contribution in [0.15, 0.2) is 24.4 Å². The van der Waals surface area contributed by atoms with Gasteiger partial charge in [-0.15, -0.1) is 0 Å². The van der Waals surface area contributed by atoms with Crippen LogP contribution in [0, 0.1) is 11.6 Å². The van der Waals surface area contributed by atoms with Gasteiger partial charge in [0.15, 0.2) is 11.6 Å². The lowest BCUT2D eigenvalue weighted by Crippen LogP contribution is -2.24. The number of aromatic nitrogens is 2. The summed E-state index contributed by atoms with van der Waals surface area (Å²) in [5.41, 5.74) is 5.74. The lowest BCUT2D eigenvalue weighted by molar-refractivity contribution is 0.0946. The number of hydrogen-bond donors (Lipinski definition) is 3. The molecule has 1 amide bonds. The van der Waals surface area contributed by atoms with Crippen LogP contribution in [0.1, 0.15) is 15.9 Å². The molecular formula is C11H10F2N4O. The van der Waals surface area contributed by atoms with Crippen molar-refractivity contribution in [2.75, 3.05) is 5.73 Å². The van der Waals surface area contributed by atoms with Crippen molar-refractivity contribution < 1.29 is 13.6 Å². The van der Waals surface area contributed by atoms with E-state index in [0.29, 0.717) is 11.4 Å². The smallest absolute Gasteiger partial charge is 0.254 e. The van der Waals surface area contributed by atoms with E-state index in [4.69, 9.17) is 5.73 Å². The van der Waals surface area contributed by atoms with Crippen LogP contribution < -0.4 is 11.1 Å². The van der Waals surface area contributed by atoms with Gasteiger partial charge in [-0.2, -0.15) is 5.10 Å². The van der Waals surface area contributed by atoms with Gasteiger partial charge in [0.1, 0.15) is 5.82 Å². The van der Waals surface area contributed by atoms with Crippen molar-refractivity contribution in [3.63, 3.8) is 0 Å². The van der Waals surface area contributed by atoms with Crippen LogP contribution in [-0.2, 0) is 6.54 Å². The number of rotatable bonds is 3. The number of carbonyl (C=O) groups excluding carboxylic acids is 1. The van der Waals surface area contributed by atoms with Gasteiger partial charge < -0.3 is 11.1 Å². The second-order valence-corrected chi connectivity index (χ2v) is 3.59. The second kappa shape index (κ2) is 4.82. The lowest BCUT2D eigenvalue weighted by Gasteiger charge is -2.05. The van der Waals surface area contributed by atoms with Gasteiger partial charge in [0.25, 0.3) is 5.91 Å². The average Bonchev–Trinajstić information content (AvgIpc) is 2.75. The van der Waals surface area contributed by atoms with Crippen LogP contribution in [0.3, 0.4) is 0 Å². The van der Waals surface area contributed by atoms with Gasteiger partial charge in [0.2, 0.25) is 0 Å². The minimum absolute atomic E-state index is 0.0805. The molecule has 18 heavy (non-hydrogen) atoms. The highest BCUT2D eigenvalue weighted by Gasteiger charge is 2.15. The zero-order valence-corrected chi connectivity index (χ0v) is 9.21. The highest BCUT2D eigenvalue weighted by Crippen LogP contribution is 2.12. The summed E-state index contributed by atoms with van der Waals surface area (Å²) in [7, 11) is 0. The largest absolute Gasteiger partial charge is 0.384 e. The van der Waals surface area contributed by atoms with E-state index in [2.05, 4.69) is 15.5 Å². The summed E-state index contributed by atoms with van der Waals surface area (Å²) in [5, 5.41) is 8.59. The van der Waals surface area contributed by atoms with E-state index in [9.17, 15) is 13.6 Å². The molecule has 4 N–H and O–H groups in total.